The van der Waals surface area contributed by atoms with Gasteiger partial charge in [-0.15, -0.1) is 0 Å². The van der Waals surface area contributed by atoms with Gasteiger partial charge in [-0.3, -0.25) is 4.99 Å². The maximum absolute atomic E-state index is 4.69. The quantitative estimate of drug-likeness (QED) is 0.881. The predicted octanol–water partition coefficient (Wildman–Crippen LogP) is 2.30. The lowest BCUT2D eigenvalue weighted by Gasteiger charge is -2.27. The summed E-state index contributed by atoms with van der Waals surface area (Å²) in [4.78, 5) is 7.05. The molecule has 1 aromatic rings. The summed E-state index contributed by atoms with van der Waals surface area (Å²) >= 11 is 0. The predicted molar refractivity (Wildman–Crippen MR) is 77.3 cm³/mol. The highest BCUT2D eigenvalue weighted by Crippen LogP contribution is 2.24. The van der Waals surface area contributed by atoms with Crippen molar-refractivity contribution in [3.05, 3.63) is 34.9 Å². The van der Waals surface area contributed by atoms with Crippen molar-refractivity contribution in [1.29, 1.82) is 0 Å². The van der Waals surface area contributed by atoms with E-state index >= 15 is 0 Å². The first-order valence-corrected chi connectivity index (χ1v) is 6.71. The Labute approximate surface area is 110 Å². The second kappa shape index (κ2) is 5.53. The van der Waals surface area contributed by atoms with Crippen LogP contribution in [0.4, 0.5) is 0 Å². The molecule has 0 saturated heterocycles. The van der Waals surface area contributed by atoms with Gasteiger partial charge in [0.1, 0.15) is 5.84 Å². The Hall–Kier alpha value is -1.35. The van der Waals surface area contributed by atoms with Gasteiger partial charge in [-0.25, -0.2) is 0 Å². The van der Waals surface area contributed by atoms with Crippen LogP contribution in [-0.4, -0.2) is 37.4 Å². The smallest absolute Gasteiger partial charge is 0.121 e. The molecule has 1 N–H and O–H groups in total. The average Bonchev–Trinajstić information content (AvgIpc) is 2.83. The topological polar surface area (TPSA) is 27.6 Å². The van der Waals surface area contributed by atoms with E-state index in [1.54, 1.807) is 0 Å². The monoisotopic (exact) mass is 245 g/mol. The van der Waals surface area contributed by atoms with E-state index in [4.69, 9.17) is 0 Å². The fourth-order valence-electron chi connectivity index (χ4n) is 2.60. The summed E-state index contributed by atoms with van der Waals surface area (Å²) in [5.41, 5.74) is 4.05. The number of rotatable bonds is 4. The van der Waals surface area contributed by atoms with Gasteiger partial charge in [0.25, 0.3) is 0 Å². The maximum Gasteiger partial charge on any atom is 0.121 e. The molecule has 1 heterocycles. The molecule has 0 saturated carbocycles. The van der Waals surface area contributed by atoms with Gasteiger partial charge in [0.2, 0.25) is 0 Å². The van der Waals surface area contributed by atoms with Gasteiger partial charge < -0.3 is 10.2 Å². The zero-order valence-electron chi connectivity index (χ0n) is 11.8. The van der Waals surface area contributed by atoms with Crippen LogP contribution in [-0.2, 0) is 0 Å². The van der Waals surface area contributed by atoms with E-state index in [0.29, 0.717) is 0 Å². The highest BCUT2D eigenvalue weighted by atomic mass is 15.3. The van der Waals surface area contributed by atoms with Crippen molar-refractivity contribution in [3.63, 3.8) is 0 Å². The average molecular weight is 245 g/mol. The standard InChI is InChI=1S/C15H23N3/c1-5-18-10-9-17-15(18)14(16-4)13-8-6-7-11(2)12(13)3/h6-8,14,16H,5,9-10H2,1-4H3. The zero-order chi connectivity index (χ0) is 13.1. The largest absolute Gasteiger partial charge is 0.357 e. The summed E-state index contributed by atoms with van der Waals surface area (Å²) in [5.74, 6) is 1.19. The maximum atomic E-state index is 4.69. The second-order valence-corrected chi connectivity index (χ2v) is 4.83. The third-order valence-corrected chi connectivity index (χ3v) is 3.85. The molecule has 3 nitrogen and oxygen atoms in total. The molecule has 3 heteroatoms. The molecule has 98 valence electrons. The van der Waals surface area contributed by atoms with Crippen LogP contribution in [0.5, 0.6) is 0 Å². The summed E-state index contributed by atoms with van der Waals surface area (Å²) in [7, 11) is 2.02. The van der Waals surface area contributed by atoms with Crippen molar-refractivity contribution in [3.8, 4) is 0 Å². The van der Waals surface area contributed by atoms with Crippen molar-refractivity contribution >= 4 is 5.84 Å². The molecule has 1 aliphatic rings. The Balaban J connectivity index is 2.37. The number of hydrogen-bond acceptors (Lipinski definition) is 3. The minimum atomic E-state index is 0.215. The van der Waals surface area contributed by atoms with E-state index in [1.807, 2.05) is 7.05 Å². The molecule has 18 heavy (non-hydrogen) atoms. The van der Waals surface area contributed by atoms with Crippen LogP contribution in [0.15, 0.2) is 23.2 Å². The van der Waals surface area contributed by atoms with Crippen LogP contribution in [0.3, 0.4) is 0 Å². The summed E-state index contributed by atoms with van der Waals surface area (Å²) < 4.78 is 0. The highest BCUT2D eigenvalue weighted by Gasteiger charge is 2.25. The minimum absolute atomic E-state index is 0.215. The number of nitrogens with one attached hydrogen (secondary N) is 1. The fourth-order valence-corrected chi connectivity index (χ4v) is 2.60. The summed E-state index contributed by atoms with van der Waals surface area (Å²) in [5, 5.41) is 3.42. The Morgan fingerprint density at radius 1 is 1.39 bits per heavy atom. The van der Waals surface area contributed by atoms with Crippen molar-refractivity contribution < 1.29 is 0 Å². The number of aryl methyl sites for hydroxylation is 1. The lowest BCUT2D eigenvalue weighted by molar-refractivity contribution is 0.460. The van der Waals surface area contributed by atoms with E-state index in [9.17, 15) is 0 Å². The molecular formula is C15H23N3. The first kappa shape index (κ1) is 13.1. The van der Waals surface area contributed by atoms with E-state index in [2.05, 4.69) is 54.2 Å². The summed E-state index contributed by atoms with van der Waals surface area (Å²) in [6, 6.07) is 6.72. The van der Waals surface area contributed by atoms with Gasteiger partial charge >= 0.3 is 0 Å². The number of aliphatic imine (C=N–C) groups is 1. The number of benzene rings is 1. The zero-order valence-corrected chi connectivity index (χ0v) is 11.8. The van der Waals surface area contributed by atoms with Crippen LogP contribution in [0, 0.1) is 13.8 Å². The molecule has 0 aromatic heterocycles. The van der Waals surface area contributed by atoms with Crippen LogP contribution in [0.1, 0.15) is 29.7 Å². The lowest BCUT2D eigenvalue weighted by Crippen LogP contribution is -2.37. The summed E-state index contributed by atoms with van der Waals surface area (Å²) in [6.07, 6.45) is 0. The van der Waals surface area contributed by atoms with Gasteiger partial charge in [-0.1, -0.05) is 18.2 Å². The van der Waals surface area contributed by atoms with Gasteiger partial charge in [0.05, 0.1) is 12.6 Å². The third kappa shape index (κ3) is 2.27. The first-order chi connectivity index (χ1) is 8.69. The molecule has 1 aromatic carbocycles. The minimum Gasteiger partial charge on any atom is -0.357 e. The van der Waals surface area contributed by atoms with Crippen LogP contribution < -0.4 is 5.32 Å². The number of hydrogen-bond donors (Lipinski definition) is 1. The SMILES string of the molecule is CCN1CCN=C1C(NC)c1cccc(C)c1C. The van der Waals surface area contributed by atoms with Crippen molar-refractivity contribution in [2.75, 3.05) is 26.7 Å². The van der Waals surface area contributed by atoms with E-state index in [-0.39, 0.29) is 6.04 Å². The van der Waals surface area contributed by atoms with Gasteiger partial charge in [0, 0.05) is 13.1 Å². The number of likely N-dealkylation sites (N-methyl/N-ethyl adjacent to an activating group) is 2. The molecule has 0 amide bonds. The van der Waals surface area contributed by atoms with Gasteiger partial charge in [0.15, 0.2) is 0 Å². The fraction of sp³-hybridized carbons (Fsp3) is 0.533. The molecule has 1 aliphatic heterocycles. The van der Waals surface area contributed by atoms with E-state index < -0.39 is 0 Å². The van der Waals surface area contributed by atoms with Crippen molar-refractivity contribution in [2.24, 2.45) is 4.99 Å². The molecule has 0 fully saturated rings. The molecule has 0 radical (unpaired) electrons. The number of amidine groups is 1. The van der Waals surface area contributed by atoms with E-state index in [0.717, 1.165) is 19.6 Å². The lowest BCUT2D eigenvalue weighted by atomic mass is 9.96. The van der Waals surface area contributed by atoms with Crippen LogP contribution >= 0.6 is 0 Å². The van der Waals surface area contributed by atoms with Crippen LogP contribution in [0.2, 0.25) is 0 Å². The number of nitrogens with zero attached hydrogens (tertiary/aromatic N) is 2. The Morgan fingerprint density at radius 2 is 2.17 bits per heavy atom. The molecular weight excluding hydrogens is 222 g/mol. The molecule has 1 unspecified atom stereocenters. The second-order valence-electron chi connectivity index (χ2n) is 4.83. The molecule has 0 aliphatic carbocycles. The van der Waals surface area contributed by atoms with Gasteiger partial charge in [-0.2, -0.15) is 0 Å². The van der Waals surface area contributed by atoms with E-state index in [1.165, 1.54) is 22.5 Å². The van der Waals surface area contributed by atoms with Crippen molar-refractivity contribution in [2.45, 2.75) is 26.8 Å². The third-order valence-electron chi connectivity index (χ3n) is 3.85. The van der Waals surface area contributed by atoms with Crippen molar-refractivity contribution in [1.82, 2.24) is 10.2 Å². The normalized spacial score (nSPS) is 16.9. The Bertz CT molecular complexity index is 451. The molecule has 2 rings (SSSR count). The van der Waals surface area contributed by atoms with Gasteiger partial charge in [-0.05, 0) is 44.5 Å². The summed E-state index contributed by atoms with van der Waals surface area (Å²) in [6.45, 7) is 9.56. The van der Waals surface area contributed by atoms with Crippen LogP contribution in [0.25, 0.3) is 0 Å². The Morgan fingerprint density at radius 3 is 2.83 bits per heavy atom. The first-order valence-electron chi connectivity index (χ1n) is 6.71. The molecule has 0 bridgehead atoms. The highest BCUT2D eigenvalue weighted by molar-refractivity contribution is 5.90. The molecule has 1 atom stereocenters. The Kier molecular flexibility index (Phi) is 4.02. The molecule has 0 spiro atoms.